The lowest BCUT2D eigenvalue weighted by Gasteiger charge is -2.30. The van der Waals surface area contributed by atoms with Crippen LogP contribution in [0.3, 0.4) is 0 Å². The fourth-order valence-corrected chi connectivity index (χ4v) is 2.62. The third-order valence-corrected chi connectivity index (χ3v) is 3.94. The van der Waals surface area contributed by atoms with Crippen molar-refractivity contribution in [3.63, 3.8) is 0 Å². The zero-order chi connectivity index (χ0) is 18.5. The fraction of sp³-hybridized carbons (Fsp3) is 0.688. The number of alkyl carbamates (subject to hydrolysis) is 2. The van der Waals surface area contributed by atoms with Gasteiger partial charge in [0.1, 0.15) is 24.4 Å². The van der Waals surface area contributed by atoms with E-state index >= 15 is 0 Å². The Labute approximate surface area is 145 Å². The van der Waals surface area contributed by atoms with Crippen LogP contribution < -0.4 is 10.6 Å². The second kappa shape index (κ2) is 11.2. The summed E-state index contributed by atoms with van der Waals surface area (Å²) in [4.78, 5) is 55.6. The molecule has 0 aromatic heterocycles. The molecule has 0 radical (unpaired) electrons. The summed E-state index contributed by atoms with van der Waals surface area (Å²) < 4.78 is 9.87. The van der Waals surface area contributed by atoms with E-state index in [0.29, 0.717) is 44.8 Å². The minimum atomic E-state index is -1.25. The van der Waals surface area contributed by atoms with Crippen LogP contribution in [-0.4, -0.2) is 55.8 Å². The number of unbranched alkanes of at least 4 members (excludes halogenated alkanes) is 2. The van der Waals surface area contributed by atoms with Crippen molar-refractivity contribution < 1.29 is 33.4 Å². The monoisotopic (exact) mass is 356 g/mol. The van der Waals surface area contributed by atoms with Crippen molar-refractivity contribution in [1.29, 1.82) is 0 Å². The highest BCUT2D eigenvalue weighted by Gasteiger charge is 2.45. The molecule has 0 aliphatic heterocycles. The number of rotatable bonds is 11. The molecule has 2 amide bonds. The molecule has 140 valence electrons. The van der Waals surface area contributed by atoms with Crippen molar-refractivity contribution in [2.45, 2.75) is 56.5 Å². The molecule has 25 heavy (non-hydrogen) atoms. The molecular weight excluding hydrogens is 332 g/mol. The first kappa shape index (κ1) is 20.6. The summed E-state index contributed by atoms with van der Waals surface area (Å²) in [6, 6.07) is -0.605. The van der Waals surface area contributed by atoms with Crippen LogP contribution in [0.25, 0.3) is 0 Å². The van der Waals surface area contributed by atoms with Crippen molar-refractivity contribution in [1.82, 2.24) is 10.6 Å². The molecule has 1 aliphatic rings. The molecule has 0 bridgehead atoms. The van der Waals surface area contributed by atoms with Gasteiger partial charge in [0.2, 0.25) is 0 Å². The minimum absolute atomic E-state index is 0.0659. The maximum Gasteiger partial charge on any atom is 0.407 e. The summed E-state index contributed by atoms with van der Waals surface area (Å²) >= 11 is 0. The van der Waals surface area contributed by atoms with Crippen molar-refractivity contribution in [2.24, 2.45) is 0 Å². The first-order valence-electron chi connectivity index (χ1n) is 8.30. The number of amides is 2. The van der Waals surface area contributed by atoms with Gasteiger partial charge in [-0.3, -0.25) is 0 Å². The zero-order valence-corrected chi connectivity index (χ0v) is 14.0. The molecule has 1 fully saturated rings. The van der Waals surface area contributed by atoms with Gasteiger partial charge in [-0.05, 0) is 32.1 Å². The van der Waals surface area contributed by atoms with Gasteiger partial charge in [-0.25, -0.2) is 9.59 Å². The molecular formula is C16H24N2O7. The number of carbonyl (C=O) groups is 5. The van der Waals surface area contributed by atoms with E-state index in [1.165, 1.54) is 0 Å². The van der Waals surface area contributed by atoms with Crippen LogP contribution >= 0.6 is 0 Å². The van der Waals surface area contributed by atoms with E-state index in [1.54, 1.807) is 0 Å². The van der Waals surface area contributed by atoms with Crippen molar-refractivity contribution in [3.8, 4) is 0 Å². The van der Waals surface area contributed by atoms with Gasteiger partial charge in [0.05, 0.1) is 19.3 Å². The highest BCUT2D eigenvalue weighted by molar-refractivity contribution is 5.79. The molecule has 0 heterocycles. The third-order valence-electron chi connectivity index (χ3n) is 3.94. The number of aldehydes is 3. The standard InChI is InChI=1S/C16H24N2O7/c19-8-1-3-10-24-14(22)17-13-6-5-7-16(13,12-21)18-15(23)25-11-4-2-9-20/h8-9,12-13H,1-7,10-11H2,(H,17,22)(H,18,23). The maximum atomic E-state index is 11.8. The molecule has 1 saturated carbocycles. The Kier molecular flexibility index (Phi) is 9.20. The molecule has 9 nitrogen and oxygen atoms in total. The summed E-state index contributed by atoms with van der Waals surface area (Å²) in [5.74, 6) is 0. The van der Waals surface area contributed by atoms with E-state index in [4.69, 9.17) is 9.47 Å². The number of hydrogen-bond donors (Lipinski definition) is 2. The first-order valence-corrected chi connectivity index (χ1v) is 8.30. The highest BCUT2D eigenvalue weighted by Crippen LogP contribution is 2.29. The summed E-state index contributed by atoms with van der Waals surface area (Å²) in [5, 5.41) is 5.10. The van der Waals surface area contributed by atoms with Gasteiger partial charge in [0.15, 0.2) is 0 Å². The Hall–Kier alpha value is -2.45. The summed E-state index contributed by atoms with van der Waals surface area (Å²) in [7, 11) is 0. The van der Waals surface area contributed by atoms with Crippen molar-refractivity contribution >= 4 is 31.0 Å². The van der Waals surface area contributed by atoms with E-state index in [2.05, 4.69) is 10.6 Å². The van der Waals surface area contributed by atoms with Gasteiger partial charge in [0.25, 0.3) is 0 Å². The van der Waals surface area contributed by atoms with Crippen LogP contribution in [0, 0.1) is 0 Å². The molecule has 0 aromatic rings. The molecule has 0 saturated heterocycles. The molecule has 2 unspecified atom stereocenters. The number of carbonyl (C=O) groups excluding carboxylic acids is 5. The smallest absolute Gasteiger partial charge is 0.407 e. The third kappa shape index (κ3) is 6.90. The second-order valence-electron chi connectivity index (χ2n) is 5.76. The largest absolute Gasteiger partial charge is 0.450 e. The Morgan fingerprint density at radius 3 is 2.16 bits per heavy atom. The molecule has 0 aromatic carbocycles. The van der Waals surface area contributed by atoms with Crippen LogP contribution in [0.1, 0.15) is 44.9 Å². The van der Waals surface area contributed by atoms with E-state index in [0.717, 1.165) is 12.6 Å². The molecule has 2 N–H and O–H groups in total. The molecule has 1 aliphatic carbocycles. The number of nitrogens with one attached hydrogen (secondary N) is 2. The van der Waals surface area contributed by atoms with Crippen LogP contribution in [0.4, 0.5) is 9.59 Å². The zero-order valence-electron chi connectivity index (χ0n) is 14.0. The number of hydrogen-bond acceptors (Lipinski definition) is 7. The van der Waals surface area contributed by atoms with E-state index in [1.807, 2.05) is 0 Å². The Bertz CT molecular complexity index is 483. The predicted molar refractivity (Wildman–Crippen MR) is 86.0 cm³/mol. The lowest BCUT2D eigenvalue weighted by atomic mass is 9.95. The van der Waals surface area contributed by atoms with E-state index in [9.17, 15) is 24.0 Å². The van der Waals surface area contributed by atoms with Crippen LogP contribution in [0.2, 0.25) is 0 Å². The number of ether oxygens (including phenoxy) is 2. The van der Waals surface area contributed by atoms with Gasteiger partial charge < -0.3 is 34.5 Å². The second-order valence-corrected chi connectivity index (χ2v) is 5.76. The van der Waals surface area contributed by atoms with Gasteiger partial charge in [-0.15, -0.1) is 0 Å². The molecule has 0 spiro atoms. The molecule has 9 heteroatoms. The lowest BCUT2D eigenvalue weighted by Crippen LogP contribution is -2.60. The SMILES string of the molecule is O=CCCCOC(=O)NC1CCCC1(C=O)NC(=O)OCCCC=O. The average molecular weight is 356 g/mol. The Morgan fingerprint density at radius 1 is 1.00 bits per heavy atom. The van der Waals surface area contributed by atoms with E-state index < -0.39 is 23.8 Å². The Balaban J connectivity index is 2.50. The fourth-order valence-electron chi connectivity index (χ4n) is 2.62. The van der Waals surface area contributed by atoms with Crippen LogP contribution in [0.5, 0.6) is 0 Å². The summed E-state index contributed by atoms with van der Waals surface area (Å²) in [5.41, 5.74) is -1.25. The van der Waals surface area contributed by atoms with Gasteiger partial charge in [0, 0.05) is 12.8 Å². The summed E-state index contributed by atoms with van der Waals surface area (Å²) in [6.45, 7) is 0.161. The van der Waals surface area contributed by atoms with Gasteiger partial charge in [-0.1, -0.05) is 0 Å². The highest BCUT2D eigenvalue weighted by atomic mass is 16.6. The quantitative estimate of drug-likeness (QED) is 0.415. The first-order chi connectivity index (χ1) is 12.1. The van der Waals surface area contributed by atoms with E-state index in [-0.39, 0.29) is 19.6 Å². The summed E-state index contributed by atoms with van der Waals surface area (Å²) in [6.07, 6.45) is 3.51. The van der Waals surface area contributed by atoms with Crippen LogP contribution in [0.15, 0.2) is 0 Å². The average Bonchev–Trinajstić information content (AvgIpc) is 2.98. The van der Waals surface area contributed by atoms with Crippen molar-refractivity contribution in [3.05, 3.63) is 0 Å². The lowest BCUT2D eigenvalue weighted by molar-refractivity contribution is -0.113. The molecule has 1 rings (SSSR count). The normalized spacial score (nSPS) is 21.8. The Morgan fingerprint density at radius 2 is 1.60 bits per heavy atom. The van der Waals surface area contributed by atoms with Crippen LogP contribution in [-0.2, 0) is 23.9 Å². The van der Waals surface area contributed by atoms with Gasteiger partial charge in [-0.2, -0.15) is 0 Å². The topological polar surface area (TPSA) is 128 Å². The molecule has 2 atom stereocenters. The maximum absolute atomic E-state index is 11.8. The van der Waals surface area contributed by atoms with Crippen molar-refractivity contribution in [2.75, 3.05) is 13.2 Å². The minimum Gasteiger partial charge on any atom is -0.450 e. The van der Waals surface area contributed by atoms with Gasteiger partial charge >= 0.3 is 12.2 Å². The predicted octanol–water partition coefficient (Wildman–Crippen LogP) is 0.887.